The van der Waals surface area contributed by atoms with Gasteiger partial charge in [0.1, 0.15) is 27.9 Å². The lowest BCUT2D eigenvalue weighted by atomic mass is 10.2. The molecule has 0 atom stereocenters. The molecule has 2 aromatic heterocycles. The van der Waals surface area contributed by atoms with Gasteiger partial charge in [-0.1, -0.05) is 17.9 Å². The van der Waals surface area contributed by atoms with Crippen LogP contribution in [0.2, 0.25) is 0 Å². The normalized spacial score (nSPS) is 10.6. The third-order valence-corrected chi connectivity index (χ3v) is 3.19. The second kappa shape index (κ2) is 4.69. The van der Waals surface area contributed by atoms with Crippen LogP contribution >= 0.6 is 11.3 Å². The van der Waals surface area contributed by atoms with E-state index in [-0.39, 0.29) is 11.4 Å². The smallest absolute Gasteiger partial charge is 0.300 e. The molecule has 0 N–H and O–H groups in total. The quantitative estimate of drug-likeness (QED) is 0.482. The van der Waals surface area contributed by atoms with Crippen molar-refractivity contribution in [3.63, 3.8) is 0 Å². The Kier molecular flexibility index (Phi) is 3.24. The second-order valence-corrected chi connectivity index (χ2v) is 4.70. The first kappa shape index (κ1) is 12.4. The van der Waals surface area contributed by atoms with Gasteiger partial charge < -0.3 is 4.74 Å². The first-order valence-corrected chi connectivity index (χ1v) is 6.08. The van der Waals surface area contributed by atoms with Crippen molar-refractivity contribution < 1.29 is 9.66 Å². The number of hydrogen-bond acceptors (Lipinski definition) is 6. The lowest BCUT2D eigenvalue weighted by Crippen LogP contribution is -1.99. The van der Waals surface area contributed by atoms with E-state index in [0.717, 1.165) is 5.01 Å². The van der Waals surface area contributed by atoms with Gasteiger partial charge in [-0.3, -0.25) is 10.1 Å². The van der Waals surface area contributed by atoms with Crippen molar-refractivity contribution in [1.82, 2.24) is 9.97 Å². The van der Waals surface area contributed by atoms with Gasteiger partial charge in [-0.25, -0.2) is 9.97 Å². The molecular formula is C11H11N3O3S. The maximum atomic E-state index is 11.0. The molecule has 6 nitrogen and oxygen atoms in total. The number of rotatable bonds is 4. The molecule has 18 heavy (non-hydrogen) atoms. The first-order chi connectivity index (χ1) is 8.54. The predicted molar refractivity (Wildman–Crippen MR) is 69.5 cm³/mol. The molecule has 2 heterocycles. The zero-order chi connectivity index (χ0) is 13.3. The van der Waals surface area contributed by atoms with E-state index in [1.54, 1.807) is 6.92 Å². The molecule has 94 valence electrons. The van der Waals surface area contributed by atoms with Crippen molar-refractivity contribution in [3.8, 4) is 0 Å². The summed E-state index contributed by atoms with van der Waals surface area (Å²) in [6.07, 6.45) is 1.22. The van der Waals surface area contributed by atoms with Gasteiger partial charge in [0, 0.05) is 0 Å². The molecular weight excluding hydrogens is 254 g/mol. The highest BCUT2D eigenvalue weighted by atomic mass is 32.1. The molecule has 2 rings (SSSR count). The number of nitro groups is 1. The van der Waals surface area contributed by atoms with Gasteiger partial charge in [-0.05, 0) is 13.8 Å². The van der Waals surface area contributed by atoms with Crippen LogP contribution in [0.3, 0.4) is 0 Å². The van der Waals surface area contributed by atoms with Gasteiger partial charge in [0.2, 0.25) is 0 Å². The maximum Gasteiger partial charge on any atom is 0.300 e. The summed E-state index contributed by atoms with van der Waals surface area (Å²) in [5.74, 6) is 0.252. The Hall–Kier alpha value is -2.02. The molecule has 2 aromatic rings. The Morgan fingerprint density at radius 1 is 1.67 bits per heavy atom. The highest BCUT2D eigenvalue weighted by Gasteiger charge is 2.23. The molecule has 0 aliphatic heterocycles. The minimum atomic E-state index is -0.499. The monoisotopic (exact) mass is 265 g/mol. The number of ether oxygens (including phenoxy) is 1. The summed E-state index contributed by atoms with van der Waals surface area (Å²) in [7, 11) is 0. The lowest BCUT2D eigenvalue weighted by Gasteiger charge is -2.07. The highest BCUT2D eigenvalue weighted by Crippen LogP contribution is 2.33. The van der Waals surface area contributed by atoms with E-state index in [0.29, 0.717) is 22.5 Å². The Balaban J connectivity index is 2.73. The van der Waals surface area contributed by atoms with E-state index < -0.39 is 4.92 Å². The Morgan fingerprint density at radius 3 is 3.00 bits per heavy atom. The Bertz CT molecular complexity index is 636. The van der Waals surface area contributed by atoms with Crippen LogP contribution in [0.15, 0.2) is 12.8 Å². The third-order valence-electron chi connectivity index (χ3n) is 2.31. The van der Waals surface area contributed by atoms with E-state index in [2.05, 4.69) is 16.5 Å². The summed E-state index contributed by atoms with van der Waals surface area (Å²) in [6, 6.07) is 0. The molecule has 0 saturated carbocycles. The highest BCUT2D eigenvalue weighted by molar-refractivity contribution is 7.18. The van der Waals surface area contributed by atoms with E-state index in [4.69, 9.17) is 4.74 Å². The van der Waals surface area contributed by atoms with E-state index in [1.807, 2.05) is 6.92 Å². The fourth-order valence-electron chi connectivity index (χ4n) is 1.63. The van der Waals surface area contributed by atoms with Crippen molar-refractivity contribution in [2.24, 2.45) is 0 Å². The second-order valence-electron chi connectivity index (χ2n) is 3.52. The molecule has 0 aliphatic rings. The minimum Gasteiger partial charge on any atom is -0.494 e. The molecule has 0 fully saturated rings. The summed E-state index contributed by atoms with van der Waals surface area (Å²) < 4.78 is 5.27. The zero-order valence-electron chi connectivity index (χ0n) is 9.97. The molecule has 0 spiro atoms. The number of thiazole rings is 1. The SMILES string of the molecule is C=C(OCC)c1c([N+](=O)[O-])cnc2sc(C)nc12. The Morgan fingerprint density at radius 2 is 2.39 bits per heavy atom. The largest absolute Gasteiger partial charge is 0.494 e. The Labute approximate surface area is 107 Å². The van der Waals surface area contributed by atoms with Crippen LogP contribution in [0.4, 0.5) is 5.69 Å². The van der Waals surface area contributed by atoms with Crippen LogP contribution in [0.1, 0.15) is 17.5 Å². The fourth-order valence-corrected chi connectivity index (χ4v) is 2.40. The van der Waals surface area contributed by atoms with Crippen LogP contribution in [0, 0.1) is 17.0 Å². The van der Waals surface area contributed by atoms with Crippen LogP contribution in [-0.4, -0.2) is 21.5 Å². The van der Waals surface area contributed by atoms with Gasteiger partial charge in [-0.15, -0.1) is 0 Å². The number of aryl methyl sites for hydroxylation is 1. The van der Waals surface area contributed by atoms with Gasteiger partial charge in [0.25, 0.3) is 0 Å². The van der Waals surface area contributed by atoms with Crippen molar-refractivity contribution in [3.05, 3.63) is 33.5 Å². The molecule has 0 aliphatic carbocycles. The van der Waals surface area contributed by atoms with Crippen LogP contribution in [0.5, 0.6) is 0 Å². The van der Waals surface area contributed by atoms with Crippen LogP contribution in [-0.2, 0) is 4.74 Å². The number of hydrogen-bond donors (Lipinski definition) is 0. The van der Waals surface area contributed by atoms with Crippen molar-refractivity contribution in [2.75, 3.05) is 6.61 Å². The summed E-state index contributed by atoms with van der Waals surface area (Å²) in [5.41, 5.74) is 0.660. The first-order valence-electron chi connectivity index (χ1n) is 5.27. The predicted octanol–water partition coefficient (Wildman–Crippen LogP) is 2.92. The van der Waals surface area contributed by atoms with E-state index in [1.165, 1.54) is 17.5 Å². The van der Waals surface area contributed by atoms with Gasteiger partial charge >= 0.3 is 5.69 Å². The third kappa shape index (κ3) is 2.04. The van der Waals surface area contributed by atoms with Crippen molar-refractivity contribution in [2.45, 2.75) is 13.8 Å². The lowest BCUT2D eigenvalue weighted by molar-refractivity contribution is -0.385. The summed E-state index contributed by atoms with van der Waals surface area (Å²) in [5, 5.41) is 11.8. The maximum absolute atomic E-state index is 11.0. The summed E-state index contributed by atoms with van der Waals surface area (Å²) in [6.45, 7) is 7.74. The molecule has 0 saturated heterocycles. The molecule has 0 radical (unpaired) electrons. The standard InChI is InChI=1S/C11H11N3O3S/c1-4-17-6(2)9-8(14(15)16)5-12-11-10(9)13-7(3)18-11/h5H,2,4H2,1,3H3. The number of nitrogens with zero attached hydrogens (tertiary/aromatic N) is 3. The fraction of sp³-hybridized carbons (Fsp3) is 0.273. The minimum absolute atomic E-state index is 0.133. The molecule has 0 bridgehead atoms. The topological polar surface area (TPSA) is 78.2 Å². The van der Waals surface area contributed by atoms with Crippen LogP contribution < -0.4 is 0 Å². The molecule has 0 unspecified atom stereocenters. The number of fused-ring (bicyclic) bond motifs is 1. The van der Waals surface area contributed by atoms with Crippen molar-refractivity contribution in [1.29, 1.82) is 0 Å². The number of aromatic nitrogens is 2. The average Bonchev–Trinajstić information content (AvgIpc) is 2.67. The van der Waals surface area contributed by atoms with Gasteiger partial charge in [0.15, 0.2) is 0 Å². The summed E-state index contributed by atoms with van der Waals surface area (Å²) >= 11 is 1.38. The molecule has 0 amide bonds. The molecule has 7 heteroatoms. The van der Waals surface area contributed by atoms with Crippen LogP contribution in [0.25, 0.3) is 16.1 Å². The van der Waals surface area contributed by atoms with Gasteiger partial charge in [-0.2, -0.15) is 0 Å². The zero-order valence-corrected chi connectivity index (χ0v) is 10.8. The van der Waals surface area contributed by atoms with E-state index >= 15 is 0 Å². The van der Waals surface area contributed by atoms with Crippen molar-refractivity contribution >= 4 is 33.1 Å². The van der Waals surface area contributed by atoms with E-state index in [9.17, 15) is 10.1 Å². The molecule has 0 aromatic carbocycles. The average molecular weight is 265 g/mol. The summed E-state index contributed by atoms with van der Waals surface area (Å²) in [4.78, 5) is 19.5. The van der Waals surface area contributed by atoms with Gasteiger partial charge in [0.05, 0.1) is 16.5 Å². The number of pyridine rings is 1.